The van der Waals surface area contributed by atoms with Gasteiger partial charge in [0.2, 0.25) is 5.91 Å². The van der Waals surface area contributed by atoms with Crippen molar-refractivity contribution in [2.75, 3.05) is 59.4 Å². The molecule has 30 heavy (non-hydrogen) atoms. The standard InChI is InChI=1S/C22H34ClN5O.HI/c1-3-8-26-9-7-19(17-26)16-25-22(24-2)28-12-10-27(11-13-28)21(29)15-18-5-4-6-20(23)14-18;/h4-6,14,19H,3,7-13,15-17H2,1-2H3,(H,24,25);1H. The molecule has 2 saturated heterocycles. The van der Waals surface area contributed by atoms with Gasteiger partial charge in [-0.25, -0.2) is 0 Å². The molecule has 0 bridgehead atoms. The van der Waals surface area contributed by atoms with E-state index < -0.39 is 0 Å². The number of nitrogens with zero attached hydrogens (tertiary/aromatic N) is 4. The highest BCUT2D eigenvalue weighted by molar-refractivity contribution is 14.0. The molecule has 0 saturated carbocycles. The van der Waals surface area contributed by atoms with Crippen molar-refractivity contribution in [2.45, 2.75) is 26.2 Å². The molecule has 0 radical (unpaired) electrons. The number of amides is 1. The normalized spacial score (nSPS) is 20.2. The molecule has 0 spiro atoms. The molecule has 8 heteroatoms. The number of carbonyl (C=O) groups excluding carboxylic acids is 1. The van der Waals surface area contributed by atoms with Crippen molar-refractivity contribution in [3.63, 3.8) is 0 Å². The minimum Gasteiger partial charge on any atom is -0.356 e. The maximum atomic E-state index is 12.6. The number of aliphatic imine (C=N–C) groups is 1. The van der Waals surface area contributed by atoms with Crippen molar-refractivity contribution in [1.82, 2.24) is 20.0 Å². The van der Waals surface area contributed by atoms with Gasteiger partial charge in [-0.3, -0.25) is 9.79 Å². The molecule has 2 heterocycles. The van der Waals surface area contributed by atoms with E-state index >= 15 is 0 Å². The highest BCUT2D eigenvalue weighted by Gasteiger charge is 2.25. The Hall–Kier alpha value is -1.06. The van der Waals surface area contributed by atoms with Gasteiger partial charge in [0, 0.05) is 51.3 Å². The quantitative estimate of drug-likeness (QED) is 0.338. The van der Waals surface area contributed by atoms with Crippen LogP contribution in [0.5, 0.6) is 0 Å². The second-order valence-electron chi connectivity index (χ2n) is 8.06. The predicted molar refractivity (Wildman–Crippen MR) is 135 cm³/mol. The molecule has 3 rings (SSSR count). The summed E-state index contributed by atoms with van der Waals surface area (Å²) in [4.78, 5) is 23.9. The second-order valence-corrected chi connectivity index (χ2v) is 8.49. The fourth-order valence-electron chi connectivity index (χ4n) is 4.27. The summed E-state index contributed by atoms with van der Waals surface area (Å²) >= 11 is 6.03. The van der Waals surface area contributed by atoms with E-state index in [2.05, 4.69) is 27.0 Å². The van der Waals surface area contributed by atoms with E-state index in [1.807, 2.05) is 36.2 Å². The summed E-state index contributed by atoms with van der Waals surface area (Å²) < 4.78 is 0. The average molecular weight is 548 g/mol. The van der Waals surface area contributed by atoms with Crippen molar-refractivity contribution in [3.8, 4) is 0 Å². The van der Waals surface area contributed by atoms with Gasteiger partial charge in [-0.1, -0.05) is 30.7 Å². The lowest BCUT2D eigenvalue weighted by Crippen LogP contribution is -2.54. The molecule has 1 aromatic carbocycles. The number of likely N-dealkylation sites (tertiary alicyclic amines) is 1. The van der Waals surface area contributed by atoms with Gasteiger partial charge < -0.3 is 20.0 Å². The van der Waals surface area contributed by atoms with E-state index in [9.17, 15) is 4.79 Å². The lowest BCUT2D eigenvalue weighted by atomic mass is 10.1. The van der Waals surface area contributed by atoms with E-state index in [0.717, 1.165) is 44.2 Å². The first-order chi connectivity index (χ1) is 14.1. The number of benzene rings is 1. The molecule has 1 unspecified atom stereocenters. The van der Waals surface area contributed by atoms with Crippen molar-refractivity contribution >= 4 is 47.4 Å². The third-order valence-electron chi connectivity index (χ3n) is 5.85. The highest BCUT2D eigenvalue weighted by atomic mass is 127. The Morgan fingerprint density at radius 2 is 1.93 bits per heavy atom. The lowest BCUT2D eigenvalue weighted by molar-refractivity contribution is -0.131. The van der Waals surface area contributed by atoms with Crippen LogP contribution in [0.2, 0.25) is 5.02 Å². The zero-order chi connectivity index (χ0) is 20.6. The van der Waals surface area contributed by atoms with Crippen LogP contribution in [0.15, 0.2) is 29.3 Å². The fourth-order valence-corrected chi connectivity index (χ4v) is 4.48. The second kappa shape index (κ2) is 12.7. The largest absolute Gasteiger partial charge is 0.356 e. The monoisotopic (exact) mass is 547 g/mol. The Bertz CT molecular complexity index is 709. The zero-order valence-electron chi connectivity index (χ0n) is 18.1. The van der Waals surface area contributed by atoms with Crippen LogP contribution in [-0.4, -0.2) is 86.0 Å². The summed E-state index contributed by atoms with van der Waals surface area (Å²) in [5, 5.41) is 4.24. The molecule has 1 atom stereocenters. The van der Waals surface area contributed by atoms with Gasteiger partial charge in [0.25, 0.3) is 0 Å². The van der Waals surface area contributed by atoms with Crippen LogP contribution < -0.4 is 5.32 Å². The molecule has 2 aliphatic rings. The number of rotatable bonds is 6. The zero-order valence-corrected chi connectivity index (χ0v) is 21.2. The minimum atomic E-state index is 0. The maximum absolute atomic E-state index is 12.6. The van der Waals surface area contributed by atoms with E-state index in [1.54, 1.807) is 0 Å². The summed E-state index contributed by atoms with van der Waals surface area (Å²) in [5.74, 6) is 1.82. The Balaban J connectivity index is 0.00000320. The van der Waals surface area contributed by atoms with Gasteiger partial charge in [-0.05, 0) is 49.5 Å². The van der Waals surface area contributed by atoms with Gasteiger partial charge in [-0.15, -0.1) is 24.0 Å². The molecular weight excluding hydrogens is 513 g/mol. The van der Waals surface area contributed by atoms with Crippen LogP contribution in [0.4, 0.5) is 0 Å². The summed E-state index contributed by atoms with van der Waals surface area (Å²) in [7, 11) is 1.84. The first-order valence-electron chi connectivity index (χ1n) is 10.8. The summed E-state index contributed by atoms with van der Waals surface area (Å²) in [6.45, 7) is 9.91. The molecule has 0 aromatic heterocycles. The van der Waals surface area contributed by atoms with Crippen LogP contribution in [0.25, 0.3) is 0 Å². The van der Waals surface area contributed by atoms with E-state index in [-0.39, 0.29) is 29.9 Å². The Morgan fingerprint density at radius 3 is 2.60 bits per heavy atom. The Labute approximate surface area is 203 Å². The minimum absolute atomic E-state index is 0. The average Bonchev–Trinajstić information content (AvgIpc) is 3.17. The molecule has 0 aliphatic carbocycles. The molecule has 1 amide bonds. The van der Waals surface area contributed by atoms with Crippen molar-refractivity contribution < 1.29 is 4.79 Å². The third kappa shape index (κ3) is 7.27. The Morgan fingerprint density at radius 1 is 1.20 bits per heavy atom. The Kier molecular flexibility index (Phi) is 10.7. The summed E-state index contributed by atoms with van der Waals surface area (Å²) in [5.41, 5.74) is 0.969. The van der Waals surface area contributed by atoms with Crippen molar-refractivity contribution in [1.29, 1.82) is 0 Å². The van der Waals surface area contributed by atoms with E-state index in [0.29, 0.717) is 17.4 Å². The number of carbonyl (C=O) groups is 1. The van der Waals surface area contributed by atoms with Crippen LogP contribution >= 0.6 is 35.6 Å². The van der Waals surface area contributed by atoms with E-state index in [4.69, 9.17) is 11.6 Å². The smallest absolute Gasteiger partial charge is 0.227 e. The predicted octanol–water partition coefficient (Wildman–Crippen LogP) is 2.95. The van der Waals surface area contributed by atoms with E-state index in [1.165, 1.54) is 32.5 Å². The molecule has 6 nitrogen and oxygen atoms in total. The topological polar surface area (TPSA) is 51.2 Å². The third-order valence-corrected chi connectivity index (χ3v) is 6.08. The van der Waals surface area contributed by atoms with Crippen LogP contribution in [0.1, 0.15) is 25.3 Å². The van der Waals surface area contributed by atoms with Crippen LogP contribution in [0, 0.1) is 5.92 Å². The number of guanidine groups is 1. The number of hydrogen-bond acceptors (Lipinski definition) is 3. The number of nitrogens with one attached hydrogen (secondary N) is 1. The van der Waals surface area contributed by atoms with Gasteiger partial charge >= 0.3 is 0 Å². The summed E-state index contributed by atoms with van der Waals surface area (Å²) in [6.07, 6.45) is 2.89. The number of halogens is 2. The van der Waals surface area contributed by atoms with Gasteiger partial charge in [-0.2, -0.15) is 0 Å². The number of piperazine rings is 1. The molecular formula is C22H35ClIN5O. The molecule has 2 fully saturated rings. The SMILES string of the molecule is CCCN1CCC(CNC(=NC)N2CCN(C(=O)Cc3cccc(Cl)c3)CC2)C1.I. The van der Waals surface area contributed by atoms with Gasteiger partial charge in [0.15, 0.2) is 5.96 Å². The highest BCUT2D eigenvalue weighted by Crippen LogP contribution is 2.16. The molecule has 168 valence electrons. The fraction of sp³-hybridized carbons (Fsp3) is 0.636. The van der Waals surface area contributed by atoms with Crippen LogP contribution in [0.3, 0.4) is 0 Å². The van der Waals surface area contributed by atoms with Gasteiger partial charge in [0.05, 0.1) is 6.42 Å². The van der Waals surface area contributed by atoms with Crippen molar-refractivity contribution in [2.24, 2.45) is 10.9 Å². The first kappa shape index (κ1) is 25.2. The first-order valence-corrected chi connectivity index (χ1v) is 11.2. The van der Waals surface area contributed by atoms with Crippen LogP contribution in [-0.2, 0) is 11.2 Å². The molecule has 1 N–H and O–H groups in total. The lowest BCUT2D eigenvalue weighted by Gasteiger charge is -2.36. The molecule has 2 aliphatic heterocycles. The number of hydrogen-bond donors (Lipinski definition) is 1. The summed E-state index contributed by atoms with van der Waals surface area (Å²) in [6, 6.07) is 7.55. The molecule has 1 aromatic rings. The van der Waals surface area contributed by atoms with Gasteiger partial charge in [0.1, 0.15) is 0 Å². The maximum Gasteiger partial charge on any atom is 0.227 e. The van der Waals surface area contributed by atoms with Crippen molar-refractivity contribution in [3.05, 3.63) is 34.9 Å².